The summed E-state index contributed by atoms with van der Waals surface area (Å²) in [4.78, 5) is 35.3. The van der Waals surface area contributed by atoms with Crippen LogP contribution < -0.4 is 15.2 Å². The lowest BCUT2D eigenvalue weighted by molar-refractivity contribution is -0.137. The zero-order valence-electron chi connectivity index (χ0n) is 24.1. The normalized spacial score (nSPS) is 16.3. The fourth-order valence-corrected chi connectivity index (χ4v) is 5.86. The van der Waals surface area contributed by atoms with Crippen LogP contribution >= 0.6 is 0 Å². The molecule has 4 heterocycles. The Labute approximate surface area is 250 Å². The first-order chi connectivity index (χ1) is 21.1. The van der Waals surface area contributed by atoms with Crippen LogP contribution in [-0.4, -0.2) is 85.1 Å². The number of aromatic carboxylic acids is 1. The molecule has 6 rings (SSSR count). The van der Waals surface area contributed by atoms with Gasteiger partial charge in [-0.1, -0.05) is 6.07 Å². The van der Waals surface area contributed by atoms with Gasteiger partial charge in [-0.3, -0.25) is 9.69 Å². The maximum Gasteiger partial charge on any atom is 0.418 e. The van der Waals surface area contributed by atoms with E-state index in [0.717, 1.165) is 50.8 Å². The van der Waals surface area contributed by atoms with Gasteiger partial charge in [0.25, 0.3) is 6.01 Å². The number of rotatable bonds is 8. The number of piperazine rings is 1. The second-order valence-corrected chi connectivity index (χ2v) is 11.0. The molecule has 0 aliphatic carbocycles. The number of alkyl halides is 3. The number of nitrogens with zero attached hydrogens (tertiary/aromatic N) is 5. The molecule has 0 amide bonds. The molecule has 13 heteroatoms. The number of carboxylic acid groups (broad SMARTS) is 1. The second kappa shape index (κ2) is 12.0. The van der Waals surface area contributed by atoms with Crippen molar-refractivity contribution in [3.8, 4) is 16.9 Å². The monoisotopic (exact) mass is 611 g/mol. The van der Waals surface area contributed by atoms with E-state index in [9.17, 15) is 27.9 Å². The minimum absolute atomic E-state index is 0.0879. The number of hydrogen-bond donors (Lipinski definition) is 1. The Morgan fingerprint density at radius 1 is 1.00 bits per heavy atom. The minimum Gasteiger partial charge on any atom is -0.477 e. The molecule has 0 radical (unpaired) electrons. The van der Waals surface area contributed by atoms with Crippen molar-refractivity contribution in [2.24, 2.45) is 0 Å². The van der Waals surface area contributed by atoms with Gasteiger partial charge >= 0.3 is 12.1 Å². The summed E-state index contributed by atoms with van der Waals surface area (Å²) in [5.74, 6) is -1.44. The lowest BCUT2D eigenvalue weighted by atomic mass is 10.0. The third-order valence-electron chi connectivity index (χ3n) is 8.22. The molecule has 0 saturated carbocycles. The van der Waals surface area contributed by atoms with Crippen molar-refractivity contribution in [2.75, 3.05) is 69.3 Å². The first kappa shape index (κ1) is 29.7. The Kier molecular flexibility index (Phi) is 8.08. The van der Waals surface area contributed by atoms with Crippen LogP contribution in [0.4, 0.5) is 24.9 Å². The van der Waals surface area contributed by atoms with Crippen molar-refractivity contribution in [1.82, 2.24) is 14.5 Å². The molecule has 0 bridgehead atoms. The van der Waals surface area contributed by atoms with Crippen LogP contribution in [0.3, 0.4) is 0 Å². The van der Waals surface area contributed by atoms with Gasteiger partial charge in [-0.25, -0.2) is 4.79 Å². The molecule has 2 aliphatic heterocycles. The van der Waals surface area contributed by atoms with Gasteiger partial charge in [0.05, 0.1) is 17.9 Å². The highest BCUT2D eigenvalue weighted by Crippen LogP contribution is 2.40. The molecule has 2 fully saturated rings. The van der Waals surface area contributed by atoms with E-state index in [4.69, 9.17) is 9.15 Å². The lowest BCUT2D eigenvalue weighted by Gasteiger charge is -2.33. The average Bonchev–Trinajstić information content (AvgIpc) is 3.70. The molecule has 2 aromatic heterocycles. The first-order valence-electron chi connectivity index (χ1n) is 14.5. The highest BCUT2D eigenvalue weighted by molar-refractivity contribution is 5.88. The van der Waals surface area contributed by atoms with Gasteiger partial charge in [-0.15, -0.1) is 0 Å². The summed E-state index contributed by atoms with van der Waals surface area (Å²) in [5.41, 5.74) is -0.414. The lowest BCUT2D eigenvalue weighted by Crippen LogP contribution is -2.47. The SMILES string of the molecule is COCCN1CCN(c2nc3ccc(-n4cc(C(=O)O)c(=O)cc4-c4ccc(N5CCCC5)c(C(F)(F)F)c4)cc3o2)CC1. The largest absolute Gasteiger partial charge is 0.477 e. The van der Waals surface area contributed by atoms with E-state index in [0.29, 0.717) is 55.6 Å². The zero-order chi connectivity index (χ0) is 31.0. The summed E-state index contributed by atoms with van der Waals surface area (Å²) in [6.07, 6.45) is -1.87. The van der Waals surface area contributed by atoms with Gasteiger partial charge < -0.3 is 28.6 Å². The number of carbonyl (C=O) groups is 1. The standard InChI is InChI=1S/C31H32F3N5O5/c1-43-15-14-36-10-12-38(13-11-36)30-35-24-6-5-21(17-28(24)44-30)39-19-22(29(41)42)27(40)18-26(39)20-4-7-25(37-8-2-3-9-37)23(16-20)31(32,33)34/h4-7,16-19H,2-3,8-15H2,1H3,(H,41,42). The maximum atomic E-state index is 14.3. The fraction of sp³-hybridized carbons (Fsp3) is 0.387. The number of methoxy groups -OCH3 is 1. The van der Waals surface area contributed by atoms with E-state index in [1.807, 2.05) is 4.90 Å². The molecular weight excluding hydrogens is 579 g/mol. The number of ether oxygens (including phenoxy) is 1. The van der Waals surface area contributed by atoms with Crippen LogP contribution in [-0.2, 0) is 10.9 Å². The number of pyridine rings is 1. The van der Waals surface area contributed by atoms with Gasteiger partial charge in [0.1, 0.15) is 11.1 Å². The molecule has 2 aliphatic rings. The number of carboxylic acids is 1. The van der Waals surface area contributed by atoms with Crippen molar-refractivity contribution >= 4 is 28.8 Å². The molecule has 44 heavy (non-hydrogen) atoms. The van der Waals surface area contributed by atoms with Gasteiger partial charge in [0.2, 0.25) is 0 Å². The Bertz CT molecular complexity index is 1740. The fourth-order valence-electron chi connectivity index (χ4n) is 5.86. The molecule has 10 nitrogen and oxygen atoms in total. The van der Waals surface area contributed by atoms with Gasteiger partial charge in [-0.05, 0) is 42.7 Å². The van der Waals surface area contributed by atoms with Crippen LogP contribution in [0.15, 0.2) is 57.9 Å². The number of oxazole rings is 1. The second-order valence-electron chi connectivity index (χ2n) is 11.0. The highest BCUT2D eigenvalue weighted by atomic mass is 19.4. The van der Waals surface area contributed by atoms with Crippen molar-refractivity contribution in [2.45, 2.75) is 19.0 Å². The summed E-state index contributed by atoms with van der Waals surface area (Å²) in [5, 5.41) is 9.68. The molecule has 232 valence electrons. The number of halogens is 3. The van der Waals surface area contributed by atoms with E-state index in [1.165, 1.54) is 16.7 Å². The summed E-state index contributed by atoms with van der Waals surface area (Å²) in [6.45, 7) is 5.63. The predicted molar refractivity (Wildman–Crippen MR) is 159 cm³/mol. The number of aromatic nitrogens is 2. The maximum absolute atomic E-state index is 14.3. The predicted octanol–water partition coefficient (Wildman–Crippen LogP) is 4.73. The van der Waals surface area contributed by atoms with Crippen LogP contribution in [0.5, 0.6) is 0 Å². The van der Waals surface area contributed by atoms with E-state index < -0.39 is 28.7 Å². The number of fused-ring (bicyclic) bond motifs is 1. The van der Waals surface area contributed by atoms with Crippen molar-refractivity contribution < 1.29 is 32.2 Å². The summed E-state index contributed by atoms with van der Waals surface area (Å²) in [7, 11) is 1.67. The Balaban J connectivity index is 1.39. The van der Waals surface area contributed by atoms with Crippen molar-refractivity contribution in [1.29, 1.82) is 0 Å². The number of benzene rings is 2. The minimum atomic E-state index is -4.63. The van der Waals surface area contributed by atoms with Gasteiger partial charge in [0, 0.05) is 82.6 Å². The zero-order valence-corrected chi connectivity index (χ0v) is 24.1. The van der Waals surface area contributed by atoms with Crippen LogP contribution in [0.1, 0.15) is 28.8 Å². The molecule has 0 spiro atoms. The molecule has 2 saturated heterocycles. The molecule has 1 N–H and O–H groups in total. The summed E-state index contributed by atoms with van der Waals surface area (Å²) >= 11 is 0. The molecule has 0 atom stereocenters. The highest BCUT2D eigenvalue weighted by Gasteiger charge is 2.36. The van der Waals surface area contributed by atoms with Crippen molar-refractivity contribution in [3.63, 3.8) is 0 Å². The Morgan fingerprint density at radius 2 is 1.75 bits per heavy atom. The molecular formula is C31H32F3N5O5. The van der Waals surface area contributed by atoms with Gasteiger partial charge in [-0.2, -0.15) is 18.2 Å². The molecule has 4 aromatic rings. The number of hydrogen-bond acceptors (Lipinski definition) is 8. The Morgan fingerprint density at radius 3 is 2.43 bits per heavy atom. The van der Waals surface area contributed by atoms with Crippen LogP contribution in [0.2, 0.25) is 0 Å². The van der Waals surface area contributed by atoms with E-state index >= 15 is 0 Å². The van der Waals surface area contributed by atoms with Crippen molar-refractivity contribution in [3.05, 3.63) is 70.0 Å². The van der Waals surface area contributed by atoms with E-state index in [2.05, 4.69) is 9.88 Å². The third kappa shape index (κ3) is 5.89. The van der Waals surface area contributed by atoms with Crippen LogP contribution in [0, 0.1) is 0 Å². The summed E-state index contributed by atoms with van der Waals surface area (Å²) in [6, 6.07) is 10.5. The third-order valence-corrected chi connectivity index (χ3v) is 8.22. The van der Waals surface area contributed by atoms with Gasteiger partial charge in [0.15, 0.2) is 11.0 Å². The van der Waals surface area contributed by atoms with E-state index in [1.54, 1.807) is 30.2 Å². The molecule has 2 aromatic carbocycles. The number of anilines is 2. The Hall–Kier alpha value is -4.36. The quantitative estimate of drug-likeness (QED) is 0.303. The topological polar surface area (TPSA) is 104 Å². The molecule has 0 unspecified atom stereocenters. The first-order valence-corrected chi connectivity index (χ1v) is 14.5. The average molecular weight is 612 g/mol. The van der Waals surface area contributed by atoms with Crippen LogP contribution in [0.25, 0.3) is 28.0 Å². The smallest absolute Gasteiger partial charge is 0.418 e. The summed E-state index contributed by atoms with van der Waals surface area (Å²) < 4.78 is 55.5. The van der Waals surface area contributed by atoms with E-state index in [-0.39, 0.29) is 16.9 Å².